The number of amides is 2. The highest BCUT2D eigenvalue weighted by molar-refractivity contribution is 6.05. The van der Waals surface area contributed by atoms with Crippen molar-refractivity contribution in [1.29, 1.82) is 0 Å². The summed E-state index contributed by atoms with van der Waals surface area (Å²) in [6.45, 7) is 0.526. The zero-order valence-electron chi connectivity index (χ0n) is 13.9. The lowest BCUT2D eigenvalue weighted by molar-refractivity contribution is -0.141. The first-order valence-corrected chi connectivity index (χ1v) is 8.64. The molecule has 2 unspecified atom stereocenters. The van der Waals surface area contributed by atoms with Crippen LogP contribution in [0.25, 0.3) is 11.4 Å². The third kappa shape index (κ3) is 2.84. The SMILES string of the molecule is NCc1ccc(-c2noc(CN3C(=O)C4CCCCC4C3=O)n2)cc1. The molecule has 2 amide bonds. The van der Waals surface area contributed by atoms with Gasteiger partial charge in [0.15, 0.2) is 0 Å². The molecule has 4 rings (SSSR count). The molecule has 1 aromatic carbocycles. The predicted octanol–water partition coefficient (Wildman–Crippen LogP) is 1.87. The summed E-state index contributed by atoms with van der Waals surface area (Å²) in [5.74, 6) is 0.205. The molecule has 7 nitrogen and oxygen atoms in total. The van der Waals surface area contributed by atoms with Gasteiger partial charge in [0.2, 0.25) is 23.5 Å². The van der Waals surface area contributed by atoms with E-state index in [1.807, 2.05) is 24.3 Å². The Hall–Kier alpha value is -2.54. The summed E-state index contributed by atoms with van der Waals surface area (Å²) in [4.78, 5) is 30.6. The summed E-state index contributed by atoms with van der Waals surface area (Å²) in [5, 5.41) is 3.96. The van der Waals surface area contributed by atoms with Crippen molar-refractivity contribution in [1.82, 2.24) is 15.0 Å². The van der Waals surface area contributed by atoms with E-state index in [9.17, 15) is 9.59 Å². The summed E-state index contributed by atoms with van der Waals surface area (Å²) < 4.78 is 5.26. The van der Waals surface area contributed by atoms with Gasteiger partial charge in [-0.15, -0.1) is 0 Å². The molecule has 7 heteroatoms. The highest BCUT2D eigenvalue weighted by Crippen LogP contribution is 2.38. The van der Waals surface area contributed by atoms with Crippen LogP contribution in [-0.2, 0) is 22.7 Å². The quantitative estimate of drug-likeness (QED) is 0.853. The van der Waals surface area contributed by atoms with Crippen molar-refractivity contribution in [2.45, 2.75) is 38.8 Å². The van der Waals surface area contributed by atoms with E-state index >= 15 is 0 Å². The van der Waals surface area contributed by atoms with Gasteiger partial charge in [-0.2, -0.15) is 4.98 Å². The minimum absolute atomic E-state index is 0.0541. The van der Waals surface area contributed by atoms with Crippen molar-refractivity contribution >= 4 is 11.8 Å². The van der Waals surface area contributed by atoms with Crippen LogP contribution >= 0.6 is 0 Å². The van der Waals surface area contributed by atoms with Crippen LogP contribution < -0.4 is 5.73 Å². The zero-order chi connectivity index (χ0) is 17.4. The maximum atomic E-state index is 12.5. The van der Waals surface area contributed by atoms with E-state index in [4.69, 9.17) is 10.3 Å². The number of likely N-dealkylation sites (tertiary alicyclic amines) is 1. The molecule has 2 aromatic rings. The van der Waals surface area contributed by atoms with Gasteiger partial charge in [0.1, 0.15) is 6.54 Å². The van der Waals surface area contributed by atoms with Gasteiger partial charge in [-0.25, -0.2) is 0 Å². The van der Waals surface area contributed by atoms with Crippen LogP contribution in [0.5, 0.6) is 0 Å². The van der Waals surface area contributed by atoms with Crippen molar-refractivity contribution in [3.05, 3.63) is 35.7 Å². The Bertz CT molecular complexity index is 775. The van der Waals surface area contributed by atoms with Crippen LogP contribution in [0.4, 0.5) is 0 Å². The number of carbonyl (C=O) groups excluding carboxylic acids is 2. The zero-order valence-corrected chi connectivity index (χ0v) is 13.9. The highest BCUT2D eigenvalue weighted by Gasteiger charge is 2.48. The second-order valence-corrected chi connectivity index (χ2v) is 6.67. The van der Waals surface area contributed by atoms with Gasteiger partial charge in [-0.3, -0.25) is 14.5 Å². The maximum absolute atomic E-state index is 12.5. The molecule has 2 atom stereocenters. The normalized spacial score (nSPS) is 23.2. The minimum atomic E-state index is -0.160. The number of imide groups is 1. The number of nitrogens with two attached hydrogens (primary N) is 1. The third-order valence-electron chi connectivity index (χ3n) is 5.14. The molecule has 1 saturated carbocycles. The van der Waals surface area contributed by atoms with Crippen molar-refractivity contribution in [2.24, 2.45) is 17.6 Å². The third-order valence-corrected chi connectivity index (χ3v) is 5.14. The lowest BCUT2D eigenvalue weighted by Gasteiger charge is -2.19. The van der Waals surface area contributed by atoms with E-state index in [2.05, 4.69) is 10.1 Å². The number of carbonyl (C=O) groups is 2. The molecule has 1 aliphatic heterocycles. The average Bonchev–Trinajstić information content (AvgIpc) is 3.22. The van der Waals surface area contributed by atoms with Crippen molar-refractivity contribution in [3.8, 4) is 11.4 Å². The highest BCUT2D eigenvalue weighted by atomic mass is 16.5. The Labute approximate surface area is 145 Å². The number of fused-ring (bicyclic) bond motifs is 1. The van der Waals surface area contributed by atoms with Crippen LogP contribution in [0.1, 0.15) is 37.1 Å². The first kappa shape index (κ1) is 16.0. The van der Waals surface area contributed by atoms with E-state index < -0.39 is 0 Å². The molecule has 1 saturated heterocycles. The van der Waals surface area contributed by atoms with E-state index in [1.165, 1.54) is 4.90 Å². The summed E-state index contributed by atoms with van der Waals surface area (Å²) in [7, 11) is 0. The molecule has 25 heavy (non-hydrogen) atoms. The topological polar surface area (TPSA) is 102 Å². The summed E-state index contributed by atoms with van der Waals surface area (Å²) in [5.41, 5.74) is 7.41. The van der Waals surface area contributed by atoms with Gasteiger partial charge in [-0.05, 0) is 18.4 Å². The van der Waals surface area contributed by atoms with E-state index in [-0.39, 0.29) is 36.1 Å². The maximum Gasteiger partial charge on any atom is 0.247 e. The molecule has 2 fully saturated rings. The molecule has 130 valence electrons. The largest absolute Gasteiger partial charge is 0.337 e. The number of rotatable bonds is 4. The molecule has 1 aromatic heterocycles. The molecular weight excluding hydrogens is 320 g/mol. The first-order valence-electron chi connectivity index (χ1n) is 8.64. The fourth-order valence-corrected chi connectivity index (χ4v) is 3.75. The Balaban J connectivity index is 1.51. The van der Waals surface area contributed by atoms with Crippen LogP contribution in [0.2, 0.25) is 0 Å². The standard InChI is InChI=1S/C18H20N4O3/c19-9-11-5-7-12(8-6-11)16-20-15(25-21-16)10-22-17(23)13-3-1-2-4-14(13)18(22)24/h5-8,13-14H,1-4,9-10,19H2. The monoisotopic (exact) mass is 340 g/mol. The van der Waals surface area contributed by atoms with Gasteiger partial charge in [0.05, 0.1) is 11.8 Å². The van der Waals surface area contributed by atoms with Gasteiger partial charge < -0.3 is 10.3 Å². The van der Waals surface area contributed by atoms with Crippen molar-refractivity contribution < 1.29 is 14.1 Å². The van der Waals surface area contributed by atoms with Crippen molar-refractivity contribution in [2.75, 3.05) is 0 Å². The summed E-state index contributed by atoms with van der Waals surface area (Å²) in [6, 6.07) is 7.56. The van der Waals surface area contributed by atoms with Crippen LogP contribution in [-0.4, -0.2) is 26.9 Å². The van der Waals surface area contributed by atoms with Gasteiger partial charge >= 0.3 is 0 Å². The Kier molecular flexibility index (Phi) is 4.09. The molecule has 2 N–H and O–H groups in total. The van der Waals surface area contributed by atoms with Gasteiger partial charge in [-0.1, -0.05) is 42.3 Å². The molecule has 2 heterocycles. The number of hydrogen-bond donors (Lipinski definition) is 1. The van der Waals surface area contributed by atoms with E-state index in [0.717, 1.165) is 36.8 Å². The fourth-order valence-electron chi connectivity index (χ4n) is 3.75. The molecular formula is C18H20N4O3. The molecule has 0 radical (unpaired) electrons. The molecule has 2 aliphatic rings. The number of nitrogens with zero attached hydrogens (tertiary/aromatic N) is 3. The molecule has 0 bridgehead atoms. The minimum Gasteiger partial charge on any atom is -0.337 e. The fraction of sp³-hybridized carbons (Fsp3) is 0.444. The number of benzene rings is 1. The Morgan fingerprint density at radius 2 is 1.72 bits per heavy atom. The summed E-state index contributed by atoms with van der Waals surface area (Å²) >= 11 is 0. The van der Waals surface area contributed by atoms with E-state index in [1.54, 1.807) is 0 Å². The van der Waals surface area contributed by atoms with Crippen LogP contribution in [0.3, 0.4) is 0 Å². The van der Waals surface area contributed by atoms with Crippen LogP contribution in [0.15, 0.2) is 28.8 Å². The second kappa shape index (κ2) is 6.40. The molecule has 0 spiro atoms. The Morgan fingerprint density at radius 1 is 1.08 bits per heavy atom. The van der Waals surface area contributed by atoms with Gasteiger partial charge in [0.25, 0.3) is 0 Å². The summed E-state index contributed by atoms with van der Waals surface area (Å²) in [6.07, 6.45) is 3.62. The lowest BCUT2D eigenvalue weighted by atomic mass is 9.81. The average molecular weight is 340 g/mol. The smallest absolute Gasteiger partial charge is 0.247 e. The molecule has 1 aliphatic carbocycles. The Morgan fingerprint density at radius 3 is 2.32 bits per heavy atom. The van der Waals surface area contributed by atoms with Crippen molar-refractivity contribution in [3.63, 3.8) is 0 Å². The van der Waals surface area contributed by atoms with Crippen LogP contribution in [0, 0.1) is 11.8 Å². The van der Waals surface area contributed by atoms with E-state index in [0.29, 0.717) is 12.4 Å². The van der Waals surface area contributed by atoms with Gasteiger partial charge in [0, 0.05) is 12.1 Å². The lowest BCUT2D eigenvalue weighted by Crippen LogP contribution is -2.30. The number of aromatic nitrogens is 2. The number of hydrogen-bond acceptors (Lipinski definition) is 6. The predicted molar refractivity (Wildman–Crippen MR) is 88.6 cm³/mol. The second-order valence-electron chi connectivity index (χ2n) is 6.67. The first-order chi connectivity index (χ1) is 12.2.